The van der Waals surface area contributed by atoms with Gasteiger partial charge in [0.2, 0.25) is 5.89 Å². The molecule has 2 heteroatoms. The third-order valence-corrected chi connectivity index (χ3v) is 5.51. The van der Waals surface area contributed by atoms with E-state index in [9.17, 15) is 0 Å². The molecule has 6 rings (SSSR count). The van der Waals surface area contributed by atoms with E-state index in [1.54, 1.807) is 0 Å². The van der Waals surface area contributed by atoms with Crippen molar-refractivity contribution in [1.82, 2.24) is 4.98 Å². The number of aromatic nitrogens is 1. The van der Waals surface area contributed by atoms with E-state index in [1.165, 1.54) is 21.7 Å². The highest BCUT2D eigenvalue weighted by atomic mass is 16.3. The van der Waals surface area contributed by atoms with Gasteiger partial charge in [0, 0.05) is 5.56 Å². The van der Waals surface area contributed by atoms with Crippen molar-refractivity contribution in [3.8, 4) is 22.6 Å². The Bertz CT molecular complexity index is 1420. The van der Waals surface area contributed by atoms with Crippen LogP contribution in [0.2, 0.25) is 0 Å². The number of hydrogen-bond acceptors (Lipinski definition) is 2. The minimum Gasteiger partial charge on any atom is -0.436 e. The molecule has 0 aliphatic carbocycles. The molecule has 1 heterocycles. The Morgan fingerprint density at radius 1 is 0.552 bits per heavy atom. The molecular formula is C27H17NO. The van der Waals surface area contributed by atoms with E-state index >= 15 is 0 Å². The van der Waals surface area contributed by atoms with Crippen molar-refractivity contribution in [2.24, 2.45) is 0 Å². The van der Waals surface area contributed by atoms with E-state index in [4.69, 9.17) is 9.40 Å². The zero-order valence-electron chi connectivity index (χ0n) is 15.7. The minimum absolute atomic E-state index is 0.659. The fourth-order valence-electron chi connectivity index (χ4n) is 4.10. The Labute approximate surface area is 168 Å². The van der Waals surface area contributed by atoms with Crippen molar-refractivity contribution >= 4 is 32.6 Å². The van der Waals surface area contributed by atoms with Gasteiger partial charge in [0.05, 0.1) is 0 Å². The first-order valence-electron chi connectivity index (χ1n) is 9.74. The molecule has 1 aromatic heterocycles. The Hall–Kier alpha value is -3.91. The van der Waals surface area contributed by atoms with E-state index in [0.29, 0.717) is 5.89 Å². The quantitative estimate of drug-likeness (QED) is 0.315. The Morgan fingerprint density at radius 2 is 1.17 bits per heavy atom. The Kier molecular flexibility index (Phi) is 3.50. The van der Waals surface area contributed by atoms with Gasteiger partial charge in [-0.15, -0.1) is 0 Å². The standard InChI is InChI=1S/C27H17NO/c1-3-11-21-18(7-1)9-5-13-23(21)20-15-16-26-25(17-20)28-27(29-26)24-14-6-10-19-8-2-4-12-22(19)24/h1-17H. The smallest absolute Gasteiger partial charge is 0.227 e. The highest BCUT2D eigenvalue weighted by Crippen LogP contribution is 2.34. The van der Waals surface area contributed by atoms with Crippen molar-refractivity contribution in [3.05, 3.63) is 103 Å². The maximum Gasteiger partial charge on any atom is 0.227 e. The van der Waals surface area contributed by atoms with Gasteiger partial charge in [-0.3, -0.25) is 0 Å². The molecule has 0 bridgehead atoms. The van der Waals surface area contributed by atoms with E-state index in [-0.39, 0.29) is 0 Å². The van der Waals surface area contributed by atoms with Crippen molar-refractivity contribution < 1.29 is 4.42 Å². The van der Waals surface area contributed by atoms with E-state index < -0.39 is 0 Å². The predicted molar refractivity (Wildman–Crippen MR) is 120 cm³/mol. The lowest BCUT2D eigenvalue weighted by molar-refractivity contribution is 0.620. The highest BCUT2D eigenvalue weighted by molar-refractivity contribution is 5.99. The van der Waals surface area contributed by atoms with Crippen LogP contribution in [0.1, 0.15) is 0 Å². The van der Waals surface area contributed by atoms with Gasteiger partial charge in [0.1, 0.15) is 5.52 Å². The van der Waals surface area contributed by atoms with Gasteiger partial charge in [0.15, 0.2) is 5.58 Å². The molecule has 136 valence electrons. The van der Waals surface area contributed by atoms with Crippen LogP contribution < -0.4 is 0 Å². The predicted octanol–water partition coefficient (Wildman–Crippen LogP) is 7.47. The summed E-state index contributed by atoms with van der Waals surface area (Å²) in [6.07, 6.45) is 0. The fourth-order valence-corrected chi connectivity index (χ4v) is 4.10. The lowest BCUT2D eigenvalue weighted by atomic mass is 9.98. The van der Waals surface area contributed by atoms with Crippen LogP contribution in [0.15, 0.2) is 108 Å². The molecule has 0 spiro atoms. The van der Waals surface area contributed by atoms with Crippen LogP contribution in [0.25, 0.3) is 55.2 Å². The van der Waals surface area contributed by atoms with Crippen molar-refractivity contribution in [1.29, 1.82) is 0 Å². The lowest BCUT2D eigenvalue weighted by Crippen LogP contribution is -1.82. The number of benzene rings is 5. The van der Waals surface area contributed by atoms with Gasteiger partial charge in [0.25, 0.3) is 0 Å². The second-order valence-electron chi connectivity index (χ2n) is 7.25. The summed E-state index contributed by atoms with van der Waals surface area (Å²) in [6.45, 7) is 0. The molecule has 0 unspecified atom stereocenters. The number of nitrogens with zero attached hydrogens (tertiary/aromatic N) is 1. The van der Waals surface area contributed by atoms with Gasteiger partial charge in [-0.2, -0.15) is 0 Å². The zero-order valence-corrected chi connectivity index (χ0v) is 15.7. The van der Waals surface area contributed by atoms with Crippen LogP contribution in [0.4, 0.5) is 0 Å². The molecule has 0 saturated heterocycles. The molecule has 0 N–H and O–H groups in total. The van der Waals surface area contributed by atoms with Gasteiger partial charge >= 0.3 is 0 Å². The molecule has 2 nitrogen and oxygen atoms in total. The molecule has 0 radical (unpaired) electrons. The number of hydrogen-bond donors (Lipinski definition) is 0. The van der Waals surface area contributed by atoms with Gasteiger partial charge < -0.3 is 4.42 Å². The summed E-state index contributed by atoms with van der Waals surface area (Å²) >= 11 is 0. The second kappa shape index (κ2) is 6.32. The third-order valence-electron chi connectivity index (χ3n) is 5.51. The molecule has 0 aliphatic heterocycles. The third kappa shape index (κ3) is 2.61. The number of fused-ring (bicyclic) bond motifs is 3. The van der Waals surface area contributed by atoms with Crippen molar-refractivity contribution in [3.63, 3.8) is 0 Å². The average Bonchev–Trinajstić information content (AvgIpc) is 3.21. The van der Waals surface area contributed by atoms with E-state index in [1.807, 2.05) is 18.2 Å². The molecule has 5 aromatic carbocycles. The molecule has 6 aromatic rings. The van der Waals surface area contributed by atoms with Crippen LogP contribution >= 0.6 is 0 Å². The Balaban J connectivity index is 1.53. The topological polar surface area (TPSA) is 26.0 Å². The maximum atomic E-state index is 6.13. The number of rotatable bonds is 2. The maximum absolute atomic E-state index is 6.13. The van der Waals surface area contributed by atoms with Gasteiger partial charge in [-0.25, -0.2) is 4.98 Å². The Morgan fingerprint density at radius 3 is 1.93 bits per heavy atom. The van der Waals surface area contributed by atoms with E-state index in [2.05, 4.69) is 84.9 Å². The normalized spacial score (nSPS) is 11.4. The monoisotopic (exact) mass is 371 g/mol. The SMILES string of the molecule is c1ccc2c(-c3ccc4oc(-c5cccc6ccccc56)nc4c3)cccc2c1. The summed E-state index contributed by atoms with van der Waals surface area (Å²) in [5.74, 6) is 0.659. The summed E-state index contributed by atoms with van der Waals surface area (Å²) in [6, 6.07) is 35.7. The summed E-state index contributed by atoms with van der Waals surface area (Å²) < 4.78 is 6.13. The summed E-state index contributed by atoms with van der Waals surface area (Å²) in [5, 5.41) is 4.81. The molecule has 29 heavy (non-hydrogen) atoms. The van der Waals surface area contributed by atoms with Crippen LogP contribution in [0.3, 0.4) is 0 Å². The van der Waals surface area contributed by atoms with Gasteiger partial charge in [-0.1, -0.05) is 84.9 Å². The van der Waals surface area contributed by atoms with Crippen LogP contribution in [0.5, 0.6) is 0 Å². The summed E-state index contributed by atoms with van der Waals surface area (Å²) in [5.41, 5.74) is 5.05. The van der Waals surface area contributed by atoms with Crippen LogP contribution in [-0.2, 0) is 0 Å². The first kappa shape index (κ1) is 16.1. The minimum atomic E-state index is 0.659. The van der Waals surface area contributed by atoms with Crippen LogP contribution in [-0.4, -0.2) is 4.98 Å². The molecule has 0 atom stereocenters. The molecular weight excluding hydrogens is 354 g/mol. The largest absolute Gasteiger partial charge is 0.436 e. The van der Waals surface area contributed by atoms with Crippen molar-refractivity contribution in [2.75, 3.05) is 0 Å². The lowest BCUT2D eigenvalue weighted by Gasteiger charge is -2.06. The zero-order chi connectivity index (χ0) is 19.2. The average molecular weight is 371 g/mol. The van der Waals surface area contributed by atoms with Crippen molar-refractivity contribution in [2.45, 2.75) is 0 Å². The molecule has 0 fully saturated rings. The molecule has 0 amide bonds. The summed E-state index contributed by atoms with van der Waals surface area (Å²) in [4.78, 5) is 4.83. The van der Waals surface area contributed by atoms with Crippen LogP contribution in [0, 0.1) is 0 Å². The fraction of sp³-hybridized carbons (Fsp3) is 0. The molecule has 0 saturated carbocycles. The highest BCUT2D eigenvalue weighted by Gasteiger charge is 2.12. The second-order valence-corrected chi connectivity index (χ2v) is 7.25. The number of oxazole rings is 1. The van der Waals surface area contributed by atoms with Gasteiger partial charge in [-0.05, 0) is 50.9 Å². The van der Waals surface area contributed by atoms with E-state index in [0.717, 1.165) is 27.6 Å². The first-order chi connectivity index (χ1) is 14.4. The summed E-state index contributed by atoms with van der Waals surface area (Å²) in [7, 11) is 0. The first-order valence-corrected chi connectivity index (χ1v) is 9.74. The molecule has 0 aliphatic rings.